The van der Waals surface area contributed by atoms with Crippen molar-refractivity contribution < 1.29 is 4.79 Å². The third-order valence-corrected chi connectivity index (χ3v) is 4.34. The molecule has 0 unspecified atom stereocenters. The number of benzene rings is 1. The molecule has 1 heterocycles. The Morgan fingerprint density at radius 3 is 2.84 bits per heavy atom. The first-order chi connectivity index (χ1) is 9.08. The van der Waals surface area contributed by atoms with Gasteiger partial charge in [0.25, 0.3) is 0 Å². The number of fused-ring (bicyclic) bond motifs is 1. The van der Waals surface area contributed by atoms with Gasteiger partial charge in [-0.3, -0.25) is 9.48 Å². The van der Waals surface area contributed by atoms with Crippen LogP contribution in [0, 0.1) is 5.92 Å². The van der Waals surface area contributed by atoms with Crippen molar-refractivity contribution in [1.29, 1.82) is 0 Å². The second kappa shape index (κ2) is 6.24. The summed E-state index contributed by atoms with van der Waals surface area (Å²) in [5, 5.41) is 5.55. The van der Waals surface area contributed by atoms with Crippen LogP contribution in [0.4, 0.5) is 0 Å². The molecule has 0 N–H and O–H groups in total. The zero-order valence-electron chi connectivity index (χ0n) is 11.7. The lowest BCUT2D eigenvalue weighted by molar-refractivity contribution is -0.116. The average Bonchev–Trinajstić information content (AvgIpc) is 2.66. The minimum Gasteiger partial charge on any atom is -0.298 e. The first-order valence-corrected chi connectivity index (χ1v) is 7.73. The van der Waals surface area contributed by atoms with Crippen LogP contribution in [-0.4, -0.2) is 27.1 Å². The van der Waals surface area contributed by atoms with Gasteiger partial charge in [-0.05, 0) is 17.7 Å². The number of carbonyl (C=O) groups is 1. The largest absolute Gasteiger partial charge is 0.298 e. The molecule has 0 saturated carbocycles. The van der Waals surface area contributed by atoms with Crippen molar-refractivity contribution in [3.05, 3.63) is 30.0 Å². The fraction of sp³-hybridized carbons (Fsp3) is 0.467. The summed E-state index contributed by atoms with van der Waals surface area (Å²) in [6.45, 7) is 4.34. The van der Waals surface area contributed by atoms with Gasteiger partial charge in [-0.15, -0.1) is 0 Å². The number of aryl methyl sites for hydroxylation is 1. The molecule has 0 spiro atoms. The van der Waals surface area contributed by atoms with Gasteiger partial charge in [0.05, 0.1) is 23.4 Å². The molecular formula is C15H20N2OS. The maximum Gasteiger partial charge on any atom is 0.148 e. The zero-order chi connectivity index (χ0) is 13.8. The second-order valence-electron chi connectivity index (χ2n) is 5.21. The molecule has 19 heavy (non-hydrogen) atoms. The Bertz CT molecular complexity index is 575. The van der Waals surface area contributed by atoms with E-state index < -0.39 is 0 Å². The number of hydrogen-bond acceptors (Lipinski definition) is 3. The van der Waals surface area contributed by atoms with Gasteiger partial charge in [0.1, 0.15) is 5.78 Å². The number of aromatic nitrogens is 2. The van der Waals surface area contributed by atoms with E-state index in [0.29, 0.717) is 18.1 Å². The van der Waals surface area contributed by atoms with Crippen molar-refractivity contribution in [1.82, 2.24) is 9.78 Å². The fourth-order valence-electron chi connectivity index (χ4n) is 2.07. The molecule has 0 amide bonds. The molecule has 0 radical (unpaired) electrons. The number of carbonyl (C=O) groups excluding carboxylic acids is 1. The van der Waals surface area contributed by atoms with Crippen molar-refractivity contribution in [3.63, 3.8) is 0 Å². The van der Waals surface area contributed by atoms with Gasteiger partial charge in [-0.1, -0.05) is 32.0 Å². The predicted octanol–water partition coefficient (Wildman–Crippen LogP) is 3.07. The van der Waals surface area contributed by atoms with E-state index in [-0.39, 0.29) is 5.78 Å². The Balaban J connectivity index is 2.03. The van der Waals surface area contributed by atoms with Gasteiger partial charge < -0.3 is 0 Å². The Morgan fingerprint density at radius 1 is 1.37 bits per heavy atom. The van der Waals surface area contributed by atoms with E-state index in [1.165, 1.54) is 0 Å². The van der Waals surface area contributed by atoms with E-state index in [2.05, 4.69) is 18.9 Å². The van der Waals surface area contributed by atoms with Crippen LogP contribution in [0.25, 0.3) is 10.9 Å². The lowest BCUT2D eigenvalue weighted by atomic mass is 10.1. The molecule has 0 aliphatic carbocycles. The SMILES string of the molecule is CC(C)CSCC(=O)Cc1nn(C)c2ccccc12. The van der Waals surface area contributed by atoms with Crippen LogP contribution in [0.5, 0.6) is 0 Å². The summed E-state index contributed by atoms with van der Waals surface area (Å²) in [6.07, 6.45) is 0.437. The summed E-state index contributed by atoms with van der Waals surface area (Å²) in [7, 11) is 1.92. The Kier molecular flexibility index (Phi) is 4.64. The summed E-state index contributed by atoms with van der Waals surface area (Å²) in [5.41, 5.74) is 1.98. The molecule has 0 fully saturated rings. The maximum atomic E-state index is 12.0. The first-order valence-electron chi connectivity index (χ1n) is 6.58. The van der Waals surface area contributed by atoms with Crippen LogP contribution < -0.4 is 0 Å². The zero-order valence-corrected chi connectivity index (χ0v) is 12.5. The number of thioether (sulfide) groups is 1. The molecule has 0 aliphatic heterocycles. The molecule has 0 atom stereocenters. The first kappa shape index (κ1) is 14.1. The molecule has 2 aromatic rings. The van der Waals surface area contributed by atoms with Gasteiger partial charge >= 0.3 is 0 Å². The normalized spacial score (nSPS) is 11.4. The fourth-order valence-corrected chi connectivity index (χ4v) is 2.98. The number of nitrogens with zero attached hydrogens (tertiary/aromatic N) is 2. The van der Waals surface area contributed by atoms with E-state index in [1.54, 1.807) is 11.8 Å². The molecular weight excluding hydrogens is 256 g/mol. The summed E-state index contributed by atoms with van der Waals surface area (Å²) in [6, 6.07) is 8.05. The van der Waals surface area contributed by atoms with Crippen LogP contribution in [0.2, 0.25) is 0 Å². The van der Waals surface area contributed by atoms with E-state index in [1.807, 2.05) is 36.0 Å². The molecule has 2 rings (SSSR count). The Morgan fingerprint density at radius 2 is 2.11 bits per heavy atom. The molecule has 1 aromatic heterocycles. The minimum atomic E-state index is 0.259. The molecule has 102 valence electrons. The van der Waals surface area contributed by atoms with Crippen molar-refractivity contribution >= 4 is 28.4 Å². The van der Waals surface area contributed by atoms with Gasteiger partial charge in [-0.25, -0.2) is 0 Å². The monoisotopic (exact) mass is 276 g/mol. The van der Waals surface area contributed by atoms with Gasteiger partial charge in [-0.2, -0.15) is 16.9 Å². The highest BCUT2D eigenvalue weighted by atomic mass is 32.2. The highest BCUT2D eigenvalue weighted by Crippen LogP contribution is 2.18. The third-order valence-electron chi connectivity index (χ3n) is 2.91. The number of ketones is 1. The smallest absolute Gasteiger partial charge is 0.148 e. The summed E-state index contributed by atoms with van der Waals surface area (Å²) >= 11 is 1.72. The van der Waals surface area contributed by atoms with Crippen molar-refractivity contribution in [2.75, 3.05) is 11.5 Å². The minimum absolute atomic E-state index is 0.259. The summed E-state index contributed by atoms with van der Waals surface area (Å²) in [4.78, 5) is 12.0. The molecule has 4 heteroatoms. The van der Waals surface area contributed by atoms with Gasteiger partial charge in [0.15, 0.2) is 0 Å². The Labute approximate surface area is 118 Å². The number of rotatable bonds is 6. The lowest BCUT2D eigenvalue weighted by Crippen LogP contribution is -2.08. The highest BCUT2D eigenvalue weighted by Gasteiger charge is 2.12. The van der Waals surface area contributed by atoms with E-state index in [4.69, 9.17) is 0 Å². The average molecular weight is 276 g/mol. The van der Waals surface area contributed by atoms with Crippen LogP contribution in [0.15, 0.2) is 24.3 Å². The van der Waals surface area contributed by atoms with Crippen molar-refractivity contribution in [3.8, 4) is 0 Å². The van der Waals surface area contributed by atoms with E-state index in [0.717, 1.165) is 22.3 Å². The molecule has 0 saturated heterocycles. The highest BCUT2D eigenvalue weighted by molar-refractivity contribution is 7.99. The molecule has 1 aromatic carbocycles. The van der Waals surface area contributed by atoms with Crippen LogP contribution in [-0.2, 0) is 18.3 Å². The van der Waals surface area contributed by atoms with Crippen LogP contribution in [0.1, 0.15) is 19.5 Å². The number of Topliss-reactive ketones (excluding diaryl/α,β-unsaturated/α-hetero) is 1. The van der Waals surface area contributed by atoms with Gasteiger partial charge in [0.2, 0.25) is 0 Å². The van der Waals surface area contributed by atoms with Crippen LogP contribution in [0.3, 0.4) is 0 Å². The molecule has 0 aliphatic rings. The third kappa shape index (κ3) is 3.60. The van der Waals surface area contributed by atoms with Crippen LogP contribution >= 0.6 is 11.8 Å². The topological polar surface area (TPSA) is 34.9 Å². The van der Waals surface area contributed by atoms with Crippen molar-refractivity contribution in [2.45, 2.75) is 20.3 Å². The second-order valence-corrected chi connectivity index (χ2v) is 6.24. The lowest BCUT2D eigenvalue weighted by Gasteiger charge is -2.03. The molecule has 0 bridgehead atoms. The summed E-state index contributed by atoms with van der Waals surface area (Å²) in [5.74, 6) is 2.51. The predicted molar refractivity (Wildman–Crippen MR) is 81.6 cm³/mol. The Hall–Kier alpha value is -1.29. The van der Waals surface area contributed by atoms with E-state index in [9.17, 15) is 4.79 Å². The maximum absolute atomic E-state index is 12.0. The number of para-hydroxylation sites is 1. The quantitative estimate of drug-likeness (QED) is 0.813. The van der Waals surface area contributed by atoms with E-state index >= 15 is 0 Å². The van der Waals surface area contributed by atoms with Gasteiger partial charge in [0, 0.05) is 12.4 Å². The standard InChI is InChI=1S/C15H20N2OS/c1-11(2)9-19-10-12(18)8-14-13-6-4-5-7-15(13)17(3)16-14/h4-7,11H,8-10H2,1-3H3. The summed E-state index contributed by atoms with van der Waals surface area (Å²) < 4.78 is 1.85. The molecule has 3 nitrogen and oxygen atoms in total. The van der Waals surface area contributed by atoms with Crippen molar-refractivity contribution in [2.24, 2.45) is 13.0 Å². The number of hydrogen-bond donors (Lipinski definition) is 0.